The highest BCUT2D eigenvalue weighted by molar-refractivity contribution is 5.95. The van der Waals surface area contributed by atoms with Crippen molar-refractivity contribution in [3.63, 3.8) is 0 Å². The summed E-state index contributed by atoms with van der Waals surface area (Å²) in [5, 5.41) is 4.04. The molecule has 0 saturated carbocycles. The molecule has 3 aliphatic heterocycles. The van der Waals surface area contributed by atoms with E-state index in [1.807, 2.05) is 26.8 Å². The minimum absolute atomic E-state index is 0.0951. The highest BCUT2D eigenvalue weighted by Gasteiger charge is 2.47. The van der Waals surface area contributed by atoms with Gasteiger partial charge in [-0.3, -0.25) is 0 Å². The molecule has 0 spiro atoms. The molecule has 0 aromatic heterocycles. The summed E-state index contributed by atoms with van der Waals surface area (Å²) in [5.41, 5.74) is 0.795. The number of oxime groups is 1. The lowest BCUT2D eigenvalue weighted by molar-refractivity contribution is -0.131. The fraction of sp³-hybridized carbons (Fsp3) is 0.727. The van der Waals surface area contributed by atoms with Gasteiger partial charge in [-0.05, 0) is 20.8 Å². The molecular formula is C11H15NO4. The summed E-state index contributed by atoms with van der Waals surface area (Å²) in [7, 11) is 0. The molecule has 5 heteroatoms. The van der Waals surface area contributed by atoms with E-state index in [4.69, 9.17) is 19.0 Å². The molecule has 5 nitrogen and oxygen atoms in total. The fourth-order valence-corrected chi connectivity index (χ4v) is 2.19. The highest BCUT2D eigenvalue weighted by Crippen LogP contribution is 2.32. The maximum atomic E-state index is 5.74. The summed E-state index contributed by atoms with van der Waals surface area (Å²) in [6.45, 7) is 6.19. The smallest absolute Gasteiger partial charge is 0.191 e. The number of nitrogens with zero attached hydrogens (tertiary/aromatic N) is 1. The van der Waals surface area contributed by atoms with Crippen molar-refractivity contribution in [3.8, 4) is 0 Å². The Kier molecular flexibility index (Phi) is 2.03. The van der Waals surface area contributed by atoms with Gasteiger partial charge in [-0.25, -0.2) is 0 Å². The van der Waals surface area contributed by atoms with Crippen LogP contribution in [0.4, 0.5) is 0 Å². The zero-order chi connectivity index (χ0) is 11.3. The highest BCUT2D eigenvalue weighted by atomic mass is 16.7. The summed E-state index contributed by atoms with van der Waals surface area (Å²) >= 11 is 0. The lowest BCUT2D eigenvalue weighted by Gasteiger charge is -2.18. The molecule has 0 amide bonds. The maximum absolute atomic E-state index is 5.74. The monoisotopic (exact) mass is 225 g/mol. The van der Waals surface area contributed by atoms with Gasteiger partial charge < -0.3 is 19.0 Å². The lowest BCUT2D eigenvalue weighted by Crippen LogP contribution is -2.36. The topological polar surface area (TPSA) is 49.3 Å². The number of hydrogen-bond donors (Lipinski definition) is 0. The predicted octanol–water partition coefficient (Wildman–Crippen LogP) is 1.20. The minimum Gasteiger partial charge on any atom is -0.485 e. The largest absolute Gasteiger partial charge is 0.485 e. The second kappa shape index (κ2) is 3.21. The molecule has 0 aliphatic carbocycles. The van der Waals surface area contributed by atoms with Crippen molar-refractivity contribution in [2.45, 2.75) is 44.9 Å². The summed E-state index contributed by atoms with van der Waals surface area (Å²) in [6, 6.07) is 0. The van der Waals surface area contributed by atoms with E-state index < -0.39 is 5.79 Å². The van der Waals surface area contributed by atoms with E-state index in [0.717, 1.165) is 11.5 Å². The van der Waals surface area contributed by atoms with Gasteiger partial charge >= 0.3 is 0 Å². The Morgan fingerprint density at radius 2 is 2.25 bits per heavy atom. The van der Waals surface area contributed by atoms with Crippen LogP contribution in [0.25, 0.3) is 0 Å². The van der Waals surface area contributed by atoms with Crippen molar-refractivity contribution >= 4 is 5.71 Å². The molecule has 3 aliphatic rings. The van der Waals surface area contributed by atoms with Gasteiger partial charge in [0.1, 0.15) is 11.8 Å². The van der Waals surface area contributed by atoms with E-state index >= 15 is 0 Å². The van der Waals surface area contributed by atoms with Gasteiger partial charge in [0.05, 0.1) is 12.4 Å². The molecule has 3 rings (SSSR count). The van der Waals surface area contributed by atoms with Gasteiger partial charge in [-0.2, -0.15) is 0 Å². The molecule has 0 aromatic rings. The Morgan fingerprint density at radius 3 is 2.94 bits per heavy atom. The average molecular weight is 225 g/mol. The fourth-order valence-electron chi connectivity index (χ4n) is 2.19. The van der Waals surface area contributed by atoms with Gasteiger partial charge in [-0.15, -0.1) is 0 Å². The summed E-state index contributed by atoms with van der Waals surface area (Å²) in [6.07, 6.45) is 1.54. The van der Waals surface area contributed by atoms with Crippen molar-refractivity contribution in [2.75, 3.05) is 6.61 Å². The van der Waals surface area contributed by atoms with Crippen molar-refractivity contribution in [1.29, 1.82) is 0 Å². The summed E-state index contributed by atoms with van der Waals surface area (Å²) < 4.78 is 16.9. The first-order valence-electron chi connectivity index (χ1n) is 5.46. The third-order valence-electron chi connectivity index (χ3n) is 2.92. The van der Waals surface area contributed by atoms with Crippen LogP contribution in [0.2, 0.25) is 0 Å². The molecule has 16 heavy (non-hydrogen) atoms. The molecule has 1 saturated heterocycles. The third-order valence-corrected chi connectivity index (χ3v) is 2.92. The van der Waals surface area contributed by atoms with Crippen LogP contribution in [0.15, 0.2) is 17.0 Å². The summed E-state index contributed by atoms with van der Waals surface area (Å²) in [4.78, 5) is 5.29. The number of ether oxygens (including phenoxy) is 3. The molecule has 0 radical (unpaired) electrons. The van der Waals surface area contributed by atoms with Crippen LogP contribution in [0, 0.1) is 0 Å². The number of fused-ring (bicyclic) bond motifs is 1. The van der Waals surface area contributed by atoms with E-state index in [-0.39, 0.29) is 18.3 Å². The Bertz CT molecular complexity index is 374. The van der Waals surface area contributed by atoms with Crippen LogP contribution >= 0.6 is 0 Å². The molecule has 0 bridgehead atoms. The van der Waals surface area contributed by atoms with Crippen molar-refractivity contribution in [2.24, 2.45) is 5.16 Å². The minimum atomic E-state index is -0.549. The number of hydrogen-bond acceptors (Lipinski definition) is 5. The van der Waals surface area contributed by atoms with Gasteiger partial charge in [0.15, 0.2) is 18.0 Å². The Morgan fingerprint density at radius 1 is 1.44 bits per heavy atom. The Balaban J connectivity index is 1.74. The van der Waals surface area contributed by atoms with Crippen LogP contribution in [0.5, 0.6) is 0 Å². The molecule has 1 fully saturated rings. The first-order valence-corrected chi connectivity index (χ1v) is 5.46. The Hall–Kier alpha value is -1.07. The molecule has 0 aromatic carbocycles. The van der Waals surface area contributed by atoms with E-state index in [1.54, 1.807) is 0 Å². The predicted molar refractivity (Wildman–Crippen MR) is 55.8 cm³/mol. The van der Waals surface area contributed by atoms with Crippen molar-refractivity contribution in [3.05, 3.63) is 11.8 Å². The third kappa shape index (κ3) is 1.51. The SMILES string of the molecule is CC1=C[C@H]2ON=C([C@H]3COC(C)(C)O3)[C@H]2O1. The van der Waals surface area contributed by atoms with Crippen LogP contribution in [-0.4, -0.2) is 36.4 Å². The number of allylic oxidation sites excluding steroid dienone is 1. The second-order valence-corrected chi connectivity index (χ2v) is 4.72. The molecule has 88 valence electrons. The van der Waals surface area contributed by atoms with Gasteiger partial charge in [0.2, 0.25) is 0 Å². The zero-order valence-electron chi connectivity index (χ0n) is 9.60. The maximum Gasteiger partial charge on any atom is 0.191 e. The Labute approximate surface area is 94.0 Å². The molecule has 0 unspecified atom stereocenters. The van der Waals surface area contributed by atoms with Gasteiger partial charge in [0, 0.05) is 6.08 Å². The van der Waals surface area contributed by atoms with Crippen molar-refractivity contribution < 1.29 is 19.0 Å². The van der Waals surface area contributed by atoms with Gasteiger partial charge in [0.25, 0.3) is 0 Å². The van der Waals surface area contributed by atoms with E-state index in [1.165, 1.54) is 0 Å². The first-order chi connectivity index (χ1) is 7.55. The molecular weight excluding hydrogens is 210 g/mol. The van der Waals surface area contributed by atoms with Crippen molar-refractivity contribution in [1.82, 2.24) is 0 Å². The lowest BCUT2D eigenvalue weighted by atomic mass is 10.1. The van der Waals surface area contributed by atoms with Crippen LogP contribution in [-0.2, 0) is 19.0 Å². The summed E-state index contributed by atoms with van der Waals surface area (Å²) in [5.74, 6) is 0.326. The normalized spacial score (nSPS) is 39.8. The van der Waals surface area contributed by atoms with Crippen LogP contribution < -0.4 is 0 Å². The molecule has 3 heterocycles. The average Bonchev–Trinajstić information content (AvgIpc) is 2.79. The first kappa shape index (κ1) is 10.1. The quantitative estimate of drug-likeness (QED) is 0.672. The van der Waals surface area contributed by atoms with Crippen LogP contribution in [0.1, 0.15) is 20.8 Å². The second-order valence-electron chi connectivity index (χ2n) is 4.72. The molecule has 0 N–H and O–H groups in total. The number of rotatable bonds is 1. The van der Waals surface area contributed by atoms with E-state index in [2.05, 4.69) is 5.16 Å². The van der Waals surface area contributed by atoms with Gasteiger partial charge in [-0.1, -0.05) is 5.16 Å². The van der Waals surface area contributed by atoms with E-state index in [0.29, 0.717) is 6.61 Å². The zero-order valence-corrected chi connectivity index (χ0v) is 9.60. The molecule has 3 atom stereocenters. The van der Waals surface area contributed by atoms with Crippen LogP contribution in [0.3, 0.4) is 0 Å². The standard InChI is InChI=1S/C11H15NO4/c1-6-4-7-10(14-6)9(12-16-7)8-5-13-11(2,3)15-8/h4,7-8,10H,5H2,1-3H3/t7-,8-,10+/m1/s1. The van der Waals surface area contributed by atoms with E-state index in [9.17, 15) is 0 Å².